The maximum absolute atomic E-state index is 13.3. The van der Waals surface area contributed by atoms with Crippen LogP contribution in [0.15, 0.2) is 12.2 Å². The van der Waals surface area contributed by atoms with Crippen LogP contribution in [-0.4, -0.2) is 12.1 Å². The molecule has 0 aromatic carbocycles. The molecule has 8 aliphatic rings. The maximum Gasteiger partial charge on any atom is 0.309 e. The first-order valence-electron chi connectivity index (χ1n) is 12.0. The molecule has 0 aromatic heterocycles. The van der Waals surface area contributed by atoms with Gasteiger partial charge in [0.15, 0.2) is 0 Å². The lowest BCUT2D eigenvalue weighted by atomic mass is 9.48. The topological polar surface area (TPSA) is 26.3 Å². The van der Waals surface area contributed by atoms with E-state index in [2.05, 4.69) is 19.1 Å². The zero-order valence-corrected chi connectivity index (χ0v) is 16.7. The Labute approximate surface area is 163 Å². The molecular weight excluding hydrogens is 332 g/mol. The predicted molar refractivity (Wildman–Crippen MR) is 104 cm³/mol. The molecule has 2 heteroatoms. The van der Waals surface area contributed by atoms with Gasteiger partial charge in [-0.2, -0.15) is 0 Å². The molecule has 0 aliphatic heterocycles. The van der Waals surface area contributed by atoms with Gasteiger partial charge in [-0.05, 0) is 118 Å². The number of esters is 1. The zero-order valence-electron chi connectivity index (χ0n) is 16.7. The summed E-state index contributed by atoms with van der Waals surface area (Å²) in [6.07, 6.45) is 17.4. The normalized spacial score (nSPS) is 59.4. The summed E-state index contributed by atoms with van der Waals surface area (Å²) in [6.45, 7) is 2.25. The smallest absolute Gasteiger partial charge is 0.309 e. The van der Waals surface area contributed by atoms with Crippen LogP contribution >= 0.6 is 0 Å². The number of carbonyl (C=O) groups excluding carboxylic acids is 1. The number of ether oxygens (including phenoxy) is 1. The average molecular weight is 367 g/mol. The maximum atomic E-state index is 13.3. The Morgan fingerprint density at radius 3 is 2.19 bits per heavy atom. The van der Waals surface area contributed by atoms with Crippen LogP contribution in [0, 0.1) is 64.6 Å². The van der Waals surface area contributed by atoms with Crippen molar-refractivity contribution in [3.05, 3.63) is 12.2 Å². The van der Waals surface area contributed by atoms with Gasteiger partial charge in [0.1, 0.15) is 6.10 Å². The first-order valence-corrected chi connectivity index (χ1v) is 12.0. The summed E-state index contributed by atoms with van der Waals surface area (Å²) in [5, 5.41) is 0. The first-order chi connectivity index (χ1) is 13.1. The van der Waals surface area contributed by atoms with Crippen LogP contribution in [0.25, 0.3) is 0 Å². The average Bonchev–Trinajstić information content (AvgIpc) is 3.39. The lowest BCUT2D eigenvalue weighted by Crippen LogP contribution is -2.52. The van der Waals surface area contributed by atoms with E-state index in [9.17, 15) is 4.79 Å². The number of hydrogen-bond donors (Lipinski definition) is 0. The number of hydrogen-bond acceptors (Lipinski definition) is 2. The minimum atomic E-state index is 0.147. The summed E-state index contributed by atoms with van der Waals surface area (Å²) in [6, 6.07) is 0. The quantitative estimate of drug-likeness (QED) is 0.388. The predicted octanol–water partition coefficient (Wildman–Crippen LogP) is 5.23. The first kappa shape index (κ1) is 16.1. The Kier molecular flexibility index (Phi) is 3.10. The molecule has 8 unspecified atom stereocenters. The van der Waals surface area contributed by atoms with E-state index in [1.165, 1.54) is 51.4 Å². The summed E-state index contributed by atoms with van der Waals surface area (Å²) in [7, 11) is 0. The minimum absolute atomic E-state index is 0.147. The largest absolute Gasteiger partial charge is 0.462 e. The molecule has 0 saturated heterocycles. The molecule has 8 rings (SSSR count). The second-order valence-electron chi connectivity index (χ2n) is 12.0. The lowest BCUT2D eigenvalue weighted by molar-refractivity contribution is -0.177. The van der Waals surface area contributed by atoms with Gasteiger partial charge in [0.25, 0.3) is 0 Å². The molecule has 7 saturated carbocycles. The van der Waals surface area contributed by atoms with E-state index in [0.29, 0.717) is 11.3 Å². The highest BCUT2D eigenvalue weighted by Crippen LogP contribution is 2.67. The summed E-state index contributed by atoms with van der Waals surface area (Å²) < 4.78 is 6.34. The Morgan fingerprint density at radius 1 is 0.889 bits per heavy atom. The highest BCUT2D eigenvalue weighted by Gasteiger charge is 2.63. The van der Waals surface area contributed by atoms with Gasteiger partial charge in [0.2, 0.25) is 0 Å². The molecule has 7 fully saturated rings. The van der Waals surface area contributed by atoms with Crippen molar-refractivity contribution in [2.45, 2.75) is 70.8 Å². The van der Waals surface area contributed by atoms with E-state index in [-0.39, 0.29) is 18.0 Å². The number of rotatable bonds is 3. The van der Waals surface area contributed by atoms with Crippen LogP contribution in [0.4, 0.5) is 0 Å². The van der Waals surface area contributed by atoms with E-state index >= 15 is 0 Å². The highest BCUT2D eigenvalue weighted by atomic mass is 16.5. The van der Waals surface area contributed by atoms with E-state index in [4.69, 9.17) is 4.74 Å². The fraction of sp³-hybridized carbons (Fsp3) is 0.880. The molecule has 0 amide bonds. The number of carbonyl (C=O) groups is 1. The summed E-state index contributed by atoms with van der Waals surface area (Å²) in [5.74, 6) is 8.01. The molecule has 8 atom stereocenters. The van der Waals surface area contributed by atoms with E-state index in [1.807, 2.05) is 0 Å². The summed E-state index contributed by atoms with van der Waals surface area (Å²) in [4.78, 5) is 13.3. The zero-order chi connectivity index (χ0) is 17.9. The van der Waals surface area contributed by atoms with Gasteiger partial charge in [0.05, 0.1) is 5.92 Å². The highest BCUT2D eigenvalue weighted by molar-refractivity contribution is 5.74. The van der Waals surface area contributed by atoms with Crippen molar-refractivity contribution in [3.63, 3.8) is 0 Å². The monoisotopic (exact) mass is 366 g/mol. The van der Waals surface area contributed by atoms with Crippen LogP contribution in [0.3, 0.4) is 0 Å². The second-order valence-corrected chi connectivity index (χ2v) is 12.0. The molecule has 0 aromatic rings. The van der Waals surface area contributed by atoms with Crippen molar-refractivity contribution < 1.29 is 9.53 Å². The van der Waals surface area contributed by atoms with Gasteiger partial charge in [0, 0.05) is 5.41 Å². The Morgan fingerprint density at radius 2 is 1.52 bits per heavy atom. The van der Waals surface area contributed by atoms with Gasteiger partial charge in [-0.15, -0.1) is 0 Å². The number of allylic oxidation sites excluding steroid dienone is 2. The third-order valence-corrected chi connectivity index (χ3v) is 10.8. The Bertz CT molecular complexity index is 672. The van der Waals surface area contributed by atoms with Crippen molar-refractivity contribution >= 4 is 5.97 Å². The van der Waals surface area contributed by atoms with Crippen LogP contribution in [-0.2, 0) is 9.53 Å². The molecule has 146 valence electrons. The van der Waals surface area contributed by atoms with Crippen molar-refractivity contribution in [1.82, 2.24) is 0 Å². The fourth-order valence-corrected chi connectivity index (χ4v) is 10.3. The van der Waals surface area contributed by atoms with Gasteiger partial charge < -0.3 is 4.74 Å². The van der Waals surface area contributed by atoms with Crippen molar-refractivity contribution in [3.8, 4) is 0 Å². The minimum Gasteiger partial charge on any atom is -0.462 e. The van der Waals surface area contributed by atoms with Gasteiger partial charge in [-0.25, -0.2) is 0 Å². The molecule has 0 N–H and O–H groups in total. The van der Waals surface area contributed by atoms with Gasteiger partial charge in [-0.1, -0.05) is 12.2 Å². The third-order valence-electron chi connectivity index (χ3n) is 10.8. The van der Waals surface area contributed by atoms with E-state index in [0.717, 1.165) is 53.8 Å². The molecular formula is C25H34O2. The van der Waals surface area contributed by atoms with Crippen molar-refractivity contribution in [1.29, 1.82) is 0 Å². The Hall–Kier alpha value is -0.790. The molecule has 8 bridgehead atoms. The van der Waals surface area contributed by atoms with Crippen LogP contribution in [0.5, 0.6) is 0 Å². The molecule has 27 heavy (non-hydrogen) atoms. The SMILES string of the molecule is CC(OC(=O)C1CC2CC1C1C3C=CC(C3)C21)C12CC3CC(CC(C3)C1)C2. The molecule has 8 aliphatic carbocycles. The molecule has 2 nitrogen and oxygen atoms in total. The van der Waals surface area contributed by atoms with Gasteiger partial charge >= 0.3 is 5.97 Å². The van der Waals surface area contributed by atoms with Crippen molar-refractivity contribution in [2.75, 3.05) is 0 Å². The molecule has 0 heterocycles. The van der Waals surface area contributed by atoms with Crippen molar-refractivity contribution in [2.24, 2.45) is 64.6 Å². The molecule has 0 spiro atoms. The van der Waals surface area contributed by atoms with E-state index in [1.54, 1.807) is 0 Å². The summed E-state index contributed by atoms with van der Waals surface area (Å²) in [5.41, 5.74) is 0.333. The van der Waals surface area contributed by atoms with Crippen LogP contribution in [0.2, 0.25) is 0 Å². The fourth-order valence-electron chi connectivity index (χ4n) is 10.3. The van der Waals surface area contributed by atoms with E-state index < -0.39 is 0 Å². The second kappa shape index (κ2) is 5.22. The lowest BCUT2D eigenvalue weighted by Gasteiger charge is -2.58. The molecule has 0 radical (unpaired) electrons. The third kappa shape index (κ3) is 2.06. The van der Waals surface area contributed by atoms with Gasteiger partial charge in [-0.3, -0.25) is 4.79 Å². The Balaban J connectivity index is 1.08. The number of fused-ring (bicyclic) bond motifs is 9. The van der Waals surface area contributed by atoms with Crippen LogP contribution < -0.4 is 0 Å². The van der Waals surface area contributed by atoms with Crippen LogP contribution in [0.1, 0.15) is 64.7 Å². The summed E-state index contributed by atoms with van der Waals surface area (Å²) >= 11 is 0. The standard InChI is InChI=1S/C25H34O2/c1-13(25-10-14-4-15(11-25)6-16(5-14)12-25)27-24(26)21-9-19-8-20(21)23-18-3-2-17(7-18)22(19)23/h2-3,13-23H,4-12H2,1H3.